The molecule has 0 spiro atoms. The average molecular weight is 508 g/mol. The van der Waals surface area contributed by atoms with Gasteiger partial charge in [-0.3, -0.25) is 4.90 Å². The third-order valence-electron chi connectivity index (χ3n) is 6.61. The van der Waals surface area contributed by atoms with Crippen LogP contribution in [-0.4, -0.2) is 59.5 Å². The Labute approximate surface area is 203 Å². The first-order valence-electron chi connectivity index (χ1n) is 11.6. The van der Waals surface area contributed by atoms with E-state index in [4.69, 9.17) is 4.98 Å². The predicted molar refractivity (Wildman–Crippen MR) is 127 cm³/mol. The fraction of sp³-hybridized carbons (Fsp3) is 0.417. The number of anilines is 3. The van der Waals surface area contributed by atoms with Gasteiger partial charge in [0.2, 0.25) is 5.92 Å². The van der Waals surface area contributed by atoms with Crippen LogP contribution in [0, 0.1) is 5.92 Å². The van der Waals surface area contributed by atoms with Crippen molar-refractivity contribution >= 4 is 34.3 Å². The van der Waals surface area contributed by atoms with Gasteiger partial charge in [-0.1, -0.05) is 0 Å². The van der Waals surface area contributed by atoms with Crippen LogP contribution in [0.5, 0.6) is 0 Å². The minimum absolute atomic E-state index is 0.0266. The van der Waals surface area contributed by atoms with Crippen molar-refractivity contribution in [1.29, 1.82) is 0 Å². The molecule has 5 rings (SSSR count). The summed E-state index contributed by atoms with van der Waals surface area (Å²) in [4.78, 5) is 24.5. The molecule has 0 unspecified atom stereocenters. The maximum absolute atomic E-state index is 13.1. The van der Waals surface area contributed by atoms with Gasteiger partial charge in [0.25, 0.3) is 0 Å². The number of nitrogens with zero attached hydrogens (tertiary/aromatic N) is 3. The molecule has 1 aromatic carbocycles. The molecule has 2 fully saturated rings. The van der Waals surface area contributed by atoms with Crippen LogP contribution in [0.3, 0.4) is 0 Å². The first-order chi connectivity index (χ1) is 17.1. The number of nitrogens with one attached hydrogen (secondary N) is 3. The summed E-state index contributed by atoms with van der Waals surface area (Å²) >= 11 is 0. The predicted octanol–water partition coefficient (Wildman–Crippen LogP) is 5.39. The highest BCUT2D eigenvalue weighted by Gasteiger charge is 2.45. The van der Waals surface area contributed by atoms with E-state index in [9.17, 15) is 26.7 Å². The molecule has 2 aliphatic rings. The molecular formula is C24H25F5N6O. The Bertz CT molecular complexity index is 1230. The second-order valence-electron chi connectivity index (χ2n) is 9.34. The number of alkyl halides is 5. The van der Waals surface area contributed by atoms with Gasteiger partial charge in [0.05, 0.1) is 16.8 Å². The molecule has 3 heterocycles. The number of carbonyl (C=O) groups is 1. The number of pyridine rings is 1. The number of fused-ring (bicyclic) bond motifs is 1. The molecule has 1 aliphatic carbocycles. The Morgan fingerprint density at radius 1 is 1.03 bits per heavy atom. The molecule has 192 valence electrons. The number of aromatic nitrogens is 2. The van der Waals surface area contributed by atoms with Gasteiger partial charge >= 0.3 is 12.2 Å². The second-order valence-corrected chi connectivity index (χ2v) is 9.34. The molecule has 1 saturated heterocycles. The summed E-state index contributed by atoms with van der Waals surface area (Å²) in [6.07, 6.45) is -2.91. The number of aromatic amines is 1. The molecule has 0 bridgehead atoms. The van der Waals surface area contributed by atoms with Gasteiger partial charge in [-0.2, -0.15) is 13.2 Å². The van der Waals surface area contributed by atoms with Crippen LogP contribution < -0.4 is 15.5 Å². The second kappa shape index (κ2) is 9.23. The number of amides is 2. The van der Waals surface area contributed by atoms with E-state index in [1.54, 1.807) is 6.20 Å². The number of rotatable bonds is 5. The van der Waals surface area contributed by atoms with E-state index < -0.39 is 23.7 Å². The molecule has 0 radical (unpaired) electrons. The first-order valence-corrected chi connectivity index (χ1v) is 11.6. The van der Waals surface area contributed by atoms with Gasteiger partial charge in [-0.25, -0.2) is 18.6 Å². The molecule has 2 amide bonds. The number of urea groups is 1. The van der Waals surface area contributed by atoms with Crippen molar-refractivity contribution in [2.45, 2.75) is 24.9 Å². The lowest BCUT2D eigenvalue weighted by atomic mass is 9.81. The fourth-order valence-corrected chi connectivity index (χ4v) is 4.73. The van der Waals surface area contributed by atoms with Crippen molar-refractivity contribution in [3.63, 3.8) is 0 Å². The van der Waals surface area contributed by atoms with Crippen LogP contribution in [0.15, 0.2) is 42.6 Å². The highest BCUT2D eigenvalue weighted by Crippen LogP contribution is 2.42. The number of H-pyrrole nitrogens is 1. The summed E-state index contributed by atoms with van der Waals surface area (Å²) in [5, 5.41) is 5.20. The van der Waals surface area contributed by atoms with Crippen LogP contribution in [0.1, 0.15) is 18.4 Å². The van der Waals surface area contributed by atoms with Crippen molar-refractivity contribution in [1.82, 2.24) is 14.9 Å². The Balaban J connectivity index is 1.19. The van der Waals surface area contributed by atoms with Crippen molar-refractivity contribution < 1.29 is 26.7 Å². The van der Waals surface area contributed by atoms with E-state index in [1.807, 2.05) is 12.1 Å². The van der Waals surface area contributed by atoms with Crippen molar-refractivity contribution in [2.24, 2.45) is 5.92 Å². The molecule has 12 heteroatoms. The Kier molecular flexibility index (Phi) is 6.23. The molecule has 2 aromatic heterocycles. The van der Waals surface area contributed by atoms with Crippen LogP contribution in [0.2, 0.25) is 0 Å². The first kappa shape index (κ1) is 24.3. The van der Waals surface area contributed by atoms with E-state index in [2.05, 4.69) is 25.4 Å². The normalized spacial score (nSPS) is 18.8. The van der Waals surface area contributed by atoms with Crippen LogP contribution >= 0.6 is 0 Å². The smallest absolute Gasteiger partial charge is 0.358 e. The highest BCUT2D eigenvalue weighted by atomic mass is 19.4. The number of halogens is 5. The zero-order chi connectivity index (χ0) is 25.5. The summed E-state index contributed by atoms with van der Waals surface area (Å²) < 4.78 is 64.4. The Morgan fingerprint density at radius 2 is 1.72 bits per heavy atom. The number of hydrogen-bond acceptors (Lipinski definition) is 4. The number of hydrogen-bond donors (Lipinski definition) is 3. The van der Waals surface area contributed by atoms with Crippen LogP contribution in [0.4, 0.5) is 43.9 Å². The molecule has 0 atom stereocenters. The maximum atomic E-state index is 13.1. The minimum Gasteiger partial charge on any atom is -0.358 e. The topological polar surface area (TPSA) is 76.3 Å². The van der Waals surface area contributed by atoms with Crippen molar-refractivity contribution in [2.75, 3.05) is 48.3 Å². The monoisotopic (exact) mass is 508 g/mol. The summed E-state index contributed by atoms with van der Waals surface area (Å²) in [5.74, 6) is -1.70. The summed E-state index contributed by atoms with van der Waals surface area (Å²) in [6, 6.07) is 7.30. The van der Waals surface area contributed by atoms with Crippen LogP contribution in [0.25, 0.3) is 11.0 Å². The standard InChI is InChI=1S/C24H25F5N6O/c25-23(26)11-15(12-23)14-34-7-9-35(10-8-34)20-6-5-18-21(33-20)19(13-30-18)32-22(36)31-17-3-1-16(2-4-17)24(27,28)29/h1-6,13,15,30H,7-12,14H2,(H2,31,32,36). The minimum atomic E-state index is -4.45. The van der Waals surface area contributed by atoms with Gasteiger partial charge in [-0.15, -0.1) is 0 Å². The van der Waals surface area contributed by atoms with Gasteiger partial charge in [0, 0.05) is 57.4 Å². The third-order valence-corrected chi connectivity index (χ3v) is 6.61. The van der Waals surface area contributed by atoms with Crippen molar-refractivity contribution in [3.05, 3.63) is 48.2 Å². The third kappa shape index (κ3) is 5.38. The Hall–Kier alpha value is -3.41. The fourth-order valence-electron chi connectivity index (χ4n) is 4.73. The number of piperazine rings is 1. The number of benzene rings is 1. The molecule has 3 N–H and O–H groups in total. The Morgan fingerprint density at radius 3 is 2.36 bits per heavy atom. The van der Waals surface area contributed by atoms with E-state index >= 15 is 0 Å². The van der Waals surface area contributed by atoms with E-state index in [0.717, 1.165) is 31.0 Å². The summed E-state index contributed by atoms with van der Waals surface area (Å²) in [6.45, 7) is 3.63. The molecule has 7 nitrogen and oxygen atoms in total. The van der Waals surface area contributed by atoms with Gasteiger partial charge in [-0.05, 0) is 42.3 Å². The maximum Gasteiger partial charge on any atom is 0.416 e. The molecule has 1 aliphatic heterocycles. The SMILES string of the molecule is O=C(Nc1ccc(C(F)(F)F)cc1)Nc1c[nH]c2ccc(N3CCN(CC4CC(F)(F)C4)CC3)nc12. The van der Waals surface area contributed by atoms with Gasteiger partial charge in [0.15, 0.2) is 0 Å². The zero-order valence-electron chi connectivity index (χ0n) is 19.2. The highest BCUT2D eigenvalue weighted by molar-refractivity contribution is 6.05. The van der Waals surface area contributed by atoms with E-state index in [1.165, 1.54) is 12.1 Å². The summed E-state index contributed by atoms with van der Waals surface area (Å²) in [5.41, 5.74) is 1.12. The van der Waals surface area contributed by atoms with Crippen molar-refractivity contribution in [3.8, 4) is 0 Å². The molecule has 1 saturated carbocycles. The molecular weight excluding hydrogens is 483 g/mol. The average Bonchev–Trinajstić information content (AvgIpc) is 3.20. The molecule has 36 heavy (non-hydrogen) atoms. The number of carbonyl (C=O) groups excluding carboxylic acids is 1. The van der Waals surface area contributed by atoms with E-state index in [-0.39, 0.29) is 24.4 Å². The quantitative estimate of drug-likeness (QED) is 0.404. The van der Waals surface area contributed by atoms with E-state index in [0.29, 0.717) is 36.4 Å². The van der Waals surface area contributed by atoms with Crippen LogP contribution in [-0.2, 0) is 6.18 Å². The van der Waals surface area contributed by atoms with Gasteiger partial charge < -0.3 is 20.5 Å². The zero-order valence-corrected chi connectivity index (χ0v) is 19.2. The lowest BCUT2D eigenvalue weighted by Crippen LogP contribution is -2.50. The summed E-state index contributed by atoms with van der Waals surface area (Å²) in [7, 11) is 0. The lowest BCUT2D eigenvalue weighted by molar-refractivity contribution is -0.137. The largest absolute Gasteiger partial charge is 0.416 e. The lowest BCUT2D eigenvalue weighted by Gasteiger charge is -2.41. The van der Waals surface area contributed by atoms with Gasteiger partial charge in [0.1, 0.15) is 11.3 Å². The molecule has 3 aromatic rings.